The lowest BCUT2D eigenvalue weighted by Gasteiger charge is -2.20. The number of likely N-dealkylation sites (tertiary alicyclic amines) is 1. The molecule has 29 heavy (non-hydrogen) atoms. The lowest BCUT2D eigenvalue weighted by molar-refractivity contribution is 0.0779. The second-order valence-corrected chi connectivity index (χ2v) is 9.68. The number of rotatable bonds is 4. The smallest absolute Gasteiger partial charge is 0.264 e. The number of nitrogens with two attached hydrogens (primary N) is 1. The summed E-state index contributed by atoms with van der Waals surface area (Å²) in [5, 5.41) is 0. The van der Waals surface area contributed by atoms with E-state index in [1.165, 1.54) is 23.5 Å². The minimum atomic E-state index is -3.68. The molecule has 2 N–H and O–H groups in total. The zero-order valence-electron chi connectivity index (χ0n) is 16.3. The van der Waals surface area contributed by atoms with Gasteiger partial charge >= 0.3 is 0 Å². The van der Waals surface area contributed by atoms with Crippen LogP contribution in [0.25, 0.3) is 0 Å². The molecule has 0 bridgehead atoms. The van der Waals surface area contributed by atoms with E-state index in [1.54, 1.807) is 36.4 Å². The average Bonchev–Trinajstić information content (AvgIpc) is 3.29. The monoisotopic (exact) mass is 435 g/mol. The van der Waals surface area contributed by atoms with Gasteiger partial charge in [0.15, 0.2) is 0 Å². The molecule has 0 aromatic heterocycles. The quantitative estimate of drug-likeness (QED) is 0.800. The summed E-state index contributed by atoms with van der Waals surface area (Å²) < 4.78 is 27.0. The molecule has 1 aliphatic carbocycles. The largest absolute Gasteiger partial charge is 0.338 e. The summed E-state index contributed by atoms with van der Waals surface area (Å²) in [7, 11) is -2.16. The Morgan fingerprint density at radius 3 is 2.31 bits per heavy atom. The Morgan fingerprint density at radius 2 is 1.69 bits per heavy atom. The number of hydrogen-bond donors (Lipinski definition) is 1. The Morgan fingerprint density at radius 1 is 1.03 bits per heavy atom. The van der Waals surface area contributed by atoms with Gasteiger partial charge in [-0.15, -0.1) is 12.4 Å². The molecule has 2 aromatic carbocycles. The topological polar surface area (TPSA) is 83.7 Å². The molecule has 4 rings (SSSR count). The summed E-state index contributed by atoms with van der Waals surface area (Å²) in [5.74, 6) is 0.836. The minimum absolute atomic E-state index is 0. The zero-order valence-corrected chi connectivity index (χ0v) is 17.9. The molecule has 2 aromatic rings. The molecule has 3 atom stereocenters. The molecule has 2 fully saturated rings. The third-order valence-electron chi connectivity index (χ3n) is 6.08. The van der Waals surface area contributed by atoms with Crippen LogP contribution in [0.15, 0.2) is 59.5 Å². The first kappa shape index (κ1) is 21.6. The van der Waals surface area contributed by atoms with Crippen LogP contribution in [0.5, 0.6) is 0 Å². The van der Waals surface area contributed by atoms with E-state index in [0.717, 1.165) is 19.4 Å². The van der Waals surface area contributed by atoms with E-state index in [-0.39, 0.29) is 29.3 Å². The molecule has 8 heteroatoms. The number of carbonyl (C=O) groups excluding carboxylic acids is 1. The van der Waals surface area contributed by atoms with Crippen molar-refractivity contribution in [1.82, 2.24) is 4.90 Å². The summed E-state index contributed by atoms with van der Waals surface area (Å²) in [6, 6.07) is 15.3. The van der Waals surface area contributed by atoms with Gasteiger partial charge in [0.25, 0.3) is 15.9 Å². The maximum absolute atomic E-state index is 12.9. The fourth-order valence-electron chi connectivity index (χ4n) is 4.36. The highest BCUT2D eigenvalue weighted by Crippen LogP contribution is 2.37. The highest BCUT2D eigenvalue weighted by Gasteiger charge is 2.42. The van der Waals surface area contributed by atoms with Crippen molar-refractivity contribution in [3.8, 4) is 0 Å². The number of para-hydroxylation sites is 1. The van der Waals surface area contributed by atoms with Crippen LogP contribution in [0, 0.1) is 11.8 Å². The maximum Gasteiger partial charge on any atom is 0.264 e. The van der Waals surface area contributed by atoms with Crippen LogP contribution in [0.3, 0.4) is 0 Å². The van der Waals surface area contributed by atoms with Crippen molar-refractivity contribution < 1.29 is 13.2 Å². The molecule has 0 spiro atoms. The van der Waals surface area contributed by atoms with Gasteiger partial charge in [-0.25, -0.2) is 8.42 Å². The van der Waals surface area contributed by atoms with Crippen molar-refractivity contribution >= 4 is 34.0 Å². The van der Waals surface area contributed by atoms with E-state index in [1.807, 2.05) is 11.0 Å². The Balaban J connectivity index is 0.00000240. The van der Waals surface area contributed by atoms with Crippen LogP contribution in [0.2, 0.25) is 0 Å². The SMILES string of the molecule is CN(c1ccccc1)S(=O)(=O)c1ccc(C(=O)N2CC3CCC(N)C3C2)cc1.Cl. The second-order valence-electron chi connectivity index (χ2n) is 7.71. The van der Waals surface area contributed by atoms with Crippen LogP contribution in [-0.4, -0.2) is 45.4 Å². The predicted molar refractivity (Wildman–Crippen MR) is 116 cm³/mol. The lowest BCUT2D eigenvalue weighted by atomic mass is 9.98. The highest BCUT2D eigenvalue weighted by molar-refractivity contribution is 7.92. The van der Waals surface area contributed by atoms with Gasteiger partial charge in [-0.05, 0) is 61.1 Å². The molecule has 6 nitrogen and oxygen atoms in total. The highest BCUT2D eigenvalue weighted by atomic mass is 35.5. The van der Waals surface area contributed by atoms with Crippen LogP contribution < -0.4 is 10.0 Å². The normalized spacial score (nSPS) is 23.4. The zero-order chi connectivity index (χ0) is 19.9. The summed E-state index contributed by atoms with van der Waals surface area (Å²) in [4.78, 5) is 14.8. The first-order chi connectivity index (χ1) is 13.4. The van der Waals surface area contributed by atoms with Crippen molar-refractivity contribution in [3.05, 3.63) is 60.2 Å². The summed E-state index contributed by atoms with van der Waals surface area (Å²) in [5.41, 5.74) is 7.25. The lowest BCUT2D eigenvalue weighted by Crippen LogP contribution is -2.33. The summed E-state index contributed by atoms with van der Waals surface area (Å²) in [6.45, 7) is 1.44. The molecule has 0 radical (unpaired) electrons. The third kappa shape index (κ3) is 3.99. The van der Waals surface area contributed by atoms with Crippen molar-refractivity contribution in [2.24, 2.45) is 17.6 Å². The standard InChI is InChI=1S/C21H25N3O3S.ClH/c1-23(17-5-3-2-4-6-17)28(26,27)18-10-7-15(8-11-18)21(25)24-13-16-9-12-20(22)19(16)14-24;/h2-8,10-11,16,19-20H,9,12-14,22H2,1H3;1H. The fraction of sp³-hybridized carbons (Fsp3) is 0.381. The van der Waals surface area contributed by atoms with E-state index >= 15 is 0 Å². The number of sulfonamides is 1. The Labute approximate surface area is 178 Å². The molecule has 1 saturated carbocycles. The van der Waals surface area contributed by atoms with Crippen LogP contribution >= 0.6 is 12.4 Å². The molecule has 1 heterocycles. The van der Waals surface area contributed by atoms with Crippen molar-refractivity contribution in [2.45, 2.75) is 23.8 Å². The Hall–Kier alpha value is -2.09. The van der Waals surface area contributed by atoms with E-state index < -0.39 is 10.0 Å². The molecule has 3 unspecified atom stereocenters. The summed E-state index contributed by atoms with van der Waals surface area (Å²) >= 11 is 0. The molecular weight excluding hydrogens is 410 g/mol. The van der Waals surface area contributed by atoms with Crippen molar-refractivity contribution in [3.63, 3.8) is 0 Å². The van der Waals surface area contributed by atoms with E-state index in [2.05, 4.69) is 0 Å². The molecule has 2 aliphatic rings. The number of halogens is 1. The van der Waals surface area contributed by atoms with Crippen LogP contribution in [0.4, 0.5) is 5.69 Å². The van der Waals surface area contributed by atoms with Gasteiger partial charge in [-0.3, -0.25) is 9.10 Å². The number of amides is 1. The number of benzene rings is 2. The van der Waals surface area contributed by atoms with Crippen molar-refractivity contribution in [2.75, 3.05) is 24.4 Å². The average molecular weight is 436 g/mol. The van der Waals surface area contributed by atoms with Crippen LogP contribution in [0.1, 0.15) is 23.2 Å². The molecule has 1 saturated heterocycles. The van der Waals surface area contributed by atoms with Gasteiger partial charge in [0.05, 0.1) is 10.6 Å². The Kier molecular flexibility index (Phi) is 6.22. The van der Waals surface area contributed by atoms with Gasteiger partial charge in [0.2, 0.25) is 0 Å². The fourth-order valence-corrected chi connectivity index (χ4v) is 5.56. The molecule has 156 valence electrons. The molecule has 1 aliphatic heterocycles. The first-order valence-corrected chi connectivity index (χ1v) is 11.0. The number of anilines is 1. The third-order valence-corrected chi connectivity index (χ3v) is 7.88. The van der Waals surface area contributed by atoms with Gasteiger partial charge < -0.3 is 10.6 Å². The van der Waals surface area contributed by atoms with Crippen LogP contribution in [-0.2, 0) is 10.0 Å². The van der Waals surface area contributed by atoms with E-state index in [0.29, 0.717) is 29.6 Å². The summed E-state index contributed by atoms with van der Waals surface area (Å²) in [6.07, 6.45) is 2.12. The number of hydrogen-bond acceptors (Lipinski definition) is 4. The van der Waals surface area contributed by atoms with Gasteiger partial charge in [0, 0.05) is 31.7 Å². The number of carbonyl (C=O) groups is 1. The van der Waals surface area contributed by atoms with Gasteiger partial charge in [0.1, 0.15) is 0 Å². The number of fused-ring (bicyclic) bond motifs is 1. The van der Waals surface area contributed by atoms with E-state index in [4.69, 9.17) is 5.73 Å². The van der Waals surface area contributed by atoms with E-state index in [9.17, 15) is 13.2 Å². The van der Waals surface area contributed by atoms with Crippen molar-refractivity contribution in [1.29, 1.82) is 0 Å². The molecular formula is C21H26ClN3O3S. The Bertz CT molecular complexity index is 966. The second kappa shape index (κ2) is 8.34. The number of nitrogens with zero attached hydrogens (tertiary/aromatic N) is 2. The van der Waals surface area contributed by atoms with Gasteiger partial charge in [-0.1, -0.05) is 18.2 Å². The minimum Gasteiger partial charge on any atom is -0.338 e. The first-order valence-electron chi connectivity index (χ1n) is 9.57. The van der Waals surface area contributed by atoms with Gasteiger partial charge in [-0.2, -0.15) is 0 Å². The maximum atomic E-state index is 12.9. The predicted octanol–water partition coefficient (Wildman–Crippen LogP) is 2.74. The molecule has 1 amide bonds.